The SMILES string of the molecule is COc1ccc(NC(=O)CN(Cc2ccccc2F)S(=O)(=O)c2ccc(C)cc2)cc1OC. The molecule has 0 heterocycles. The van der Waals surface area contributed by atoms with E-state index >= 15 is 0 Å². The molecule has 3 rings (SSSR count). The number of halogens is 1. The Balaban J connectivity index is 1.88. The van der Waals surface area contributed by atoms with Crippen molar-refractivity contribution in [2.45, 2.75) is 18.4 Å². The summed E-state index contributed by atoms with van der Waals surface area (Å²) in [4.78, 5) is 12.8. The van der Waals surface area contributed by atoms with Crippen molar-refractivity contribution < 1.29 is 27.1 Å². The molecule has 0 radical (unpaired) electrons. The summed E-state index contributed by atoms with van der Waals surface area (Å²) in [6.45, 7) is 1.02. The van der Waals surface area contributed by atoms with Crippen molar-refractivity contribution >= 4 is 21.6 Å². The predicted octanol–water partition coefficient (Wildman–Crippen LogP) is 3.98. The Bertz CT molecular complexity index is 1230. The third-order valence-electron chi connectivity index (χ3n) is 4.95. The van der Waals surface area contributed by atoms with Gasteiger partial charge in [-0.25, -0.2) is 12.8 Å². The second-order valence-electron chi connectivity index (χ2n) is 7.30. The van der Waals surface area contributed by atoms with Crippen LogP contribution in [0.2, 0.25) is 0 Å². The lowest BCUT2D eigenvalue weighted by Crippen LogP contribution is -2.37. The lowest BCUT2D eigenvalue weighted by molar-refractivity contribution is -0.116. The third-order valence-corrected chi connectivity index (χ3v) is 6.76. The first kappa shape index (κ1) is 24.2. The second kappa shape index (κ2) is 10.5. The molecule has 0 aromatic heterocycles. The first-order valence-electron chi connectivity index (χ1n) is 10.1. The highest BCUT2D eigenvalue weighted by atomic mass is 32.2. The van der Waals surface area contributed by atoms with Crippen LogP contribution < -0.4 is 14.8 Å². The van der Waals surface area contributed by atoms with Gasteiger partial charge in [0.2, 0.25) is 15.9 Å². The number of nitrogens with one attached hydrogen (secondary N) is 1. The highest BCUT2D eigenvalue weighted by Crippen LogP contribution is 2.30. The Morgan fingerprint density at radius 1 is 0.970 bits per heavy atom. The van der Waals surface area contributed by atoms with Crippen LogP contribution in [-0.2, 0) is 21.4 Å². The number of hydrogen-bond donors (Lipinski definition) is 1. The lowest BCUT2D eigenvalue weighted by Gasteiger charge is -2.22. The summed E-state index contributed by atoms with van der Waals surface area (Å²) in [7, 11) is -1.12. The highest BCUT2D eigenvalue weighted by molar-refractivity contribution is 7.89. The molecule has 0 aliphatic heterocycles. The Morgan fingerprint density at radius 3 is 2.27 bits per heavy atom. The quantitative estimate of drug-likeness (QED) is 0.509. The van der Waals surface area contributed by atoms with Crippen molar-refractivity contribution in [3.8, 4) is 11.5 Å². The maximum Gasteiger partial charge on any atom is 0.243 e. The van der Waals surface area contributed by atoms with Crippen LogP contribution in [0.1, 0.15) is 11.1 Å². The van der Waals surface area contributed by atoms with Crippen LogP contribution >= 0.6 is 0 Å². The average molecular weight is 473 g/mol. The van der Waals surface area contributed by atoms with E-state index in [2.05, 4.69) is 5.32 Å². The van der Waals surface area contributed by atoms with E-state index in [0.29, 0.717) is 17.2 Å². The molecule has 0 fully saturated rings. The van der Waals surface area contributed by atoms with E-state index in [9.17, 15) is 17.6 Å². The molecule has 0 atom stereocenters. The number of aryl methyl sites for hydroxylation is 1. The van der Waals surface area contributed by atoms with Gasteiger partial charge in [-0.3, -0.25) is 4.79 Å². The topological polar surface area (TPSA) is 84.9 Å². The zero-order valence-corrected chi connectivity index (χ0v) is 19.4. The molecule has 0 unspecified atom stereocenters. The fourth-order valence-electron chi connectivity index (χ4n) is 3.18. The summed E-state index contributed by atoms with van der Waals surface area (Å²) < 4.78 is 52.3. The number of ether oxygens (including phenoxy) is 2. The van der Waals surface area contributed by atoms with E-state index in [-0.39, 0.29) is 17.0 Å². The molecule has 9 heteroatoms. The number of amides is 1. The van der Waals surface area contributed by atoms with Gasteiger partial charge in [0.25, 0.3) is 0 Å². The van der Waals surface area contributed by atoms with Crippen molar-refractivity contribution in [2.75, 3.05) is 26.1 Å². The van der Waals surface area contributed by atoms with Gasteiger partial charge in [-0.2, -0.15) is 4.31 Å². The number of carbonyl (C=O) groups is 1. The summed E-state index contributed by atoms with van der Waals surface area (Å²) in [6, 6.07) is 16.9. The zero-order chi connectivity index (χ0) is 24.0. The summed E-state index contributed by atoms with van der Waals surface area (Å²) >= 11 is 0. The van der Waals surface area contributed by atoms with E-state index in [0.717, 1.165) is 9.87 Å². The van der Waals surface area contributed by atoms with Crippen LogP contribution in [0.5, 0.6) is 11.5 Å². The van der Waals surface area contributed by atoms with Gasteiger partial charge < -0.3 is 14.8 Å². The monoisotopic (exact) mass is 472 g/mol. The summed E-state index contributed by atoms with van der Waals surface area (Å²) in [5, 5.41) is 2.66. The zero-order valence-electron chi connectivity index (χ0n) is 18.5. The van der Waals surface area contributed by atoms with Crippen molar-refractivity contribution in [2.24, 2.45) is 0 Å². The van der Waals surface area contributed by atoms with Gasteiger partial charge in [-0.15, -0.1) is 0 Å². The minimum atomic E-state index is -4.08. The number of carbonyl (C=O) groups excluding carboxylic acids is 1. The largest absolute Gasteiger partial charge is 0.493 e. The van der Waals surface area contributed by atoms with Crippen molar-refractivity contribution in [3.63, 3.8) is 0 Å². The molecule has 0 aliphatic carbocycles. The molecule has 3 aromatic rings. The molecular formula is C24H25FN2O5S. The van der Waals surface area contributed by atoms with Gasteiger partial charge in [0.15, 0.2) is 11.5 Å². The van der Waals surface area contributed by atoms with Crippen molar-refractivity contribution in [3.05, 3.63) is 83.7 Å². The number of benzene rings is 3. The fourth-order valence-corrected chi connectivity index (χ4v) is 4.55. The van der Waals surface area contributed by atoms with Crippen molar-refractivity contribution in [1.29, 1.82) is 0 Å². The first-order chi connectivity index (χ1) is 15.7. The van der Waals surface area contributed by atoms with Gasteiger partial charge in [0.1, 0.15) is 5.82 Å². The number of sulfonamides is 1. The molecule has 0 spiro atoms. The molecule has 0 saturated heterocycles. The second-order valence-corrected chi connectivity index (χ2v) is 9.23. The molecule has 0 saturated carbocycles. The molecule has 1 amide bonds. The lowest BCUT2D eigenvalue weighted by atomic mass is 10.2. The Morgan fingerprint density at radius 2 is 1.64 bits per heavy atom. The number of rotatable bonds is 9. The normalized spacial score (nSPS) is 11.3. The fraction of sp³-hybridized carbons (Fsp3) is 0.208. The van der Waals surface area contributed by atoms with Gasteiger partial charge >= 0.3 is 0 Å². The minimum absolute atomic E-state index is 0.0170. The smallest absolute Gasteiger partial charge is 0.243 e. The Hall–Kier alpha value is -3.43. The van der Waals surface area contributed by atoms with E-state index in [1.54, 1.807) is 36.4 Å². The number of nitrogens with zero attached hydrogens (tertiary/aromatic N) is 1. The van der Waals surface area contributed by atoms with Crippen LogP contribution in [0.15, 0.2) is 71.6 Å². The molecule has 33 heavy (non-hydrogen) atoms. The standard InChI is InChI=1S/C24H25FN2O5S/c1-17-8-11-20(12-9-17)33(29,30)27(15-18-6-4-5-7-21(18)25)16-24(28)26-19-10-13-22(31-2)23(14-19)32-3/h4-14H,15-16H2,1-3H3,(H,26,28). The number of anilines is 1. The molecule has 3 aromatic carbocycles. The van der Waals surface area contributed by atoms with E-state index in [1.807, 2.05) is 6.92 Å². The van der Waals surface area contributed by atoms with Gasteiger partial charge in [0.05, 0.1) is 25.7 Å². The first-order valence-corrected chi connectivity index (χ1v) is 11.5. The van der Waals surface area contributed by atoms with Crippen molar-refractivity contribution in [1.82, 2.24) is 4.31 Å². The van der Waals surface area contributed by atoms with Gasteiger partial charge in [-0.1, -0.05) is 35.9 Å². The molecule has 0 aliphatic rings. The van der Waals surface area contributed by atoms with E-state index in [4.69, 9.17) is 9.47 Å². The van der Waals surface area contributed by atoms with Gasteiger partial charge in [-0.05, 0) is 37.3 Å². The van der Waals surface area contributed by atoms with Crippen LogP contribution in [-0.4, -0.2) is 39.4 Å². The highest BCUT2D eigenvalue weighted by Gasteiger charge is 2.28. The molecule has 1 N–H and O–H groups in total. The molecule has 0 bridgehead atoms. The number of methoxy groups -OCH3 is 2. The average Bonchev–Trinajstić information content (AvgIpc) is 2.80. The van der Waals surface area contributed by atoms with Gasteiger partial charge in [0, 0.05) is 23.9 Å². The maximum atomic E-state index is 14.3. The van der Waals surface area contributed by atoms with Crippen LogP contribution in [0, 0.1) is 12.7 Å². The Labute approximate surface area is 192 Å². The summed E-state index contributed by atoms with van der Waals surface area (Å²) in [6.07, 6.45) is 0. The van der Waals surface area contributed by atoms with E-state index in [1.165, 1.54) is 44.6 Å². The van der Waals surface area contributed by atoms with Crippen LogP contribution in [0.3, 0.4) is 0 Å². The van der Waals surface area contributed by atoms with Crippen LogP contribution in [0.4, 0.5) is 10.1 Å². The maximum absolute atomic E-state index is 14.3. The predicted molar refractivity (Wildman–Crippen MR) is 123 cm³/mol. The third kappa shape index (κ3) is 5.88. The minimum Gasteiger partial charge on any atom is -0.493 e. The summed E-state index contributed by atoms with van der Waals surface area (Å²) in [5.41, 5.74) is 1.45. The molecule has 7 nitrogen and oxygen atoms in total. The Kier molecular flexibility index (Phi) is 7.67. The van der Waals surface area contributed by atoms with E-state index < -0.39 is 28.3 Å². The molecule has 174 valence electrons. The summed E-state index contributed by atoms with van der Waals surface area (Å²) in [5.74, 6) is -0.249. The number of hydrogen-bond acceptors (Lipinski definition) is 5. The van der Waals surface area contributed by atoms with Crippen LogP contribution in [0.25, 0.3) is 0 Å². The molecular weight excluding hydrogens is 447 g/mol.